The molecule has 0 heterocycles. The van der Waals surface area contributed by atoms with E-state index < -0.39 is 0 Å². The quantitative estimate of drug-likeness (QED) is 0.589. The van der Waals surface area contributed by atoms with E-state index >= 15 is 0 Å². The summed E-state index contributed by atoms with van der Waals surface area (Å²) in [4.78, 5) is 0. The maximum absolute atomic E-state index is 9.57. The Labute approximate surface area is 67.2 Å². The summed E-state index contributed by atoms with van der Waals surface area (Å²) in [6, 6.07) is 0. The number of rotatable bonds is 1. The Hall–Kier alpha value is -0.0800. The maximum Gasteiger partial charge on any atom is 0.0574 e. The van der Waals surface area contributed by atoms with E-state index in [9.17, 15) is 5.11 Å². The highest BCUT2D eigenvalue weighted by molar-refractivity contribution is 5.05. The smallest absolute Gasteiger partial charge is 0.0574 e. The van der Waals surface area contributed by atoms with E-state index in [-0.39, 0.29) is 18.1 Å². The van der Waals surface area contributed by atoms with Gasteiger partial charge in [-0.25, -0.2) is 0 Å². The first kappa shape index (κ1) is 7.56. The van der Waals surface area contributed by atoms with Crippen molar-refractivity contribution in [3.05, 3.63) is 0 Å². The molecule has 2 heteroatoms. The van der Waals surface area contributed by atoms with Crippen molar-refractivity contribution in [1.29, 1.82) is 0 Å². The second-order valence-electron chi connectivity index (χ2n) is 4.35. The van der Waals surface area contributed by atoms with Gasteiger partial charge < -0.3 is 10.2 Å². The van der Waals surface area contributed by atoms with Crippen molar-refractivity contribution in [1.82, 2.24) is 0 Å². The van der Waals surface area contributed by atoms with Gasteiger partial charge in [-0.1, -0.05) is 6.92 Å². The van der Waals surface area contributed by atoms with E-state index in [1.165, 1.54) is 0 Å². The van der Waals surface area contributed by atoms with Gasteiger partial charge in [-0.3, -0.25) is 0 Å². The molecule has 0 aromatic rings. The van der Waals surface area contributed by atoms with Crippen LogP contribution in [-0.2, 0) is 0 Å². The van der Waals surface area contributed by atoms with Gasteiger partial charge in [0.1, 0.15) is 0 Å². The standard InChI is InChI=1S/C9H16O2/c1-9(5-10)6-2-3-8(11)7(9)4-6/h6-8,10-11H,2-5H2,1H3. The van der Waals surface area contributed by atoms with Crippen LogP contribution in [0.5, 0.6) is 0 Å². The molecule has 64 valence electrons. The topological polar surface area (TPSA) is 40.5 Å². The molecule has 0 radical (unpaired) electrons. The SMILES string of the molecule is CC1(CO)C2CCC(O)C1C2. The van der Waals surface area contributed by atoms with Crippen LogP contribution in [0.2, 0.25) is 0 Å². The third-order valence-electron chi connectivity index (χ3n) is 3.93. The van der Waals surface area contributed by atoms with Gasteiger partial charge in [0, 0.05) is 6.61 Å². The third kappa shape index (κ3) is 0.798. The van der Waals surface area contributed by atoms with E-state index in [1.807, 2.05) is 0 Å². The van der Waals surface area contributed by atoms with Gasteiger partial charge in [-0.05, 0) is 36.5 Å². The van der Waals surface area contributed by atoms with Crippen molar-refractivity contribution in [2.75, 3.05) is 6.61 Å². The summed E-state index contributed by atoms with van der Waals surface area (Å²) in [6.45, 7) is 2.35. The summed E-state index contributed by atoms with van der Waals surface area (Å²) in [7, 11) is 0. The van der Waals surface area contributed by atoms with Crippen molar-refractivity contribution < 1.29 is 10.2 Å². The fourth-order valence-electron chi connectivity index (χ4n) is 2.85. The van der Waals surface area contributed by atoms with Crippen LogP contribution in [-0.4, -0.2) is 22.9 Å². The average Bonchev–Trinajstić information content (AvgIpc) is 2.02. The molecule has 2 N–H and O–H groups in total. The minimum Gasteiger partial charge on any atom is -0.396 e. The van der Waals surface area contributed by atoms with E-state index in [0.29, 0.717) is 11.8 Å². The summed E-state index contributed by atoms with van der Waals surface area (Å²) in [6.07, 6.45) is 3.05. The molecule has 0 aromatic carbocycles. The van der Waals surface area contributed by atoms with Gasteiger partial charge in [0.15, 0.2) is 0 Å². The van der Waals surface area contributed by atoms with Crippen LogP contribution in [0.4, 0.5) is 0 Å². The molecule has 0 aromatic heterocycles. The number of hydrogen-bond acceptors (Lipinski definition) is 2. The fourth-order valence-corrected chi connectivity index (χ4v) is 2.85. The Bertz CT molecular complexity index is 167. The van der Waals surface area contributed by atoms with E-state index in [1.54, 1.807) is 0 Å². The van der Waals surface area contributed by atoms with Gasteiger partial charge in [0.2, 0.25) is 0 Å². The molecule has 2 nitrogen and oxygen atoms in total. The average molecular weight is 156 g/mol. The fraction of sp³-hybridized carbons (Fsp3) is 1.00. The Morgan fingerprint density at radius 1 is 1.45 bits per heavy atom. The van der Waals surface area contributed by atoms with Gasteiger partial charge in [-0.2, -0.15) is 0 Å². The number of aliphatic hydroxyl groups is 2. The van der Waals surface area contributed by atoms with Gasteiger partial charge in [-0.15, -0.1) is 0 Å². The lowest BCUT2D eigenvalue weighted by molar-refractivity contribution is -0.170. The van der Waals surface area contributed by atoms with Crippen LogP contribution in [0.1, 0.15) is 26.2 Å². The van der Waals surface area contributed by atoms with Gasteiger partial charge >= 0.3 is 0 Å². The van der Waals surface area contributed by atoms with Crippen molar-refractivity contribution in [3.63, 3.8) is 0 Å². The molecule has 3 rings (SSSR count). The summed E-state index contributed by atoms with van der Waals surface area (Å²) in [5.74, 6) is 1.06. The summed E-state index contributed by atoms with van der Waals surface area (Å²) < 4.78 is 0. The first-order valence-electron chi connectivity index (χ1n) is 4.47. The normalized spacial score (nSPS) is 55.4. The van der Waals surface area contributed by atoms with Crippen molar-refractivity contribution >= 4 is 0 Å². The lowest BCUT2D eigenvalue weighted by atomic mass is 9.47. The monoisotopic (exact) mass is 156 g/mol. The molecule has 4 atom stereocenters. The summed E-state index contributed by atoms with van der Waals surface area (Å²) in [5, 5.41) is 18.7. The van der Waals surface area contributed by atoms with Crippen LogP contribution in [0.3, 0.4) is 0 Å². The number of hydrogen-bond donors (Lipinski definition) is 2. The molecule has 11 heavy (non-hydrogen) atoms. The first-order chi connectivity index (χ1) is 5.18. The minimum atomic E-state index is -0.142. The van der Waals surface area contributed by atoms with E-state index in [2.05, 4.69) is 6.92 Å². The molecule has 3 aliphatic carbocycles. The number of aliphatic hydroxyl groups excluding tert-OH is 2. The summed E-state index contributed by atoms with van der Waals surface area (Å²) in [5.41, 5.74) is 0.0532. The molecular formula is C9H16O2. The molecule has 4 unspecified atom stereocenters. The zero-order valence-electron chi connectivity index (χ0n) is 6.95. The molecule has 3 fully saturated rings. The predicted molar refractivity (Wildman–Crippen MR) is 42.0 cm³/mol. The molecule has 0 aliphatic heterocycles. The lowest BCUT2D eigenvalue weighted by Gasteiger charge is -2.59. The van der Waals surface area contributed by atoms with Gasteiger partial charge in [0.05, 0.1) is 6.10 Å². The number of fused-ring (bicyclic) bond motifs is 2. The predicted octanol–water partition coefficient (Wildman–Crippen LogP) is 0.776. The third-order valence-corrected chi connectivity index (χ3v) is 3.93. The van der Waals surface area contributed by atoms with Crippen LogP contribution < -0.4 is 0 Å². The Morgan fingerprint density at radius 2 is 2.18 bits per heavy atom. The van der Waals surface area contributed by atoms with Crippen LogP contribution in [0.25, 0.3) is 0 Å². The first-order valence-corrected chi connectivity index (χ1v) is 4.47. The molecule has 0 amide bonds. The summed E-state index contributed by atoms with van der Waals surface area (Å²) >= 11 is 0. The van der Waals surface area contributed by atoms with E-state index in [4.69, 9.17) is 5.11 Å². The second kappa shape index (κ2) is 2.20. The van der Waals surface area contributed by atoms with Crippen molar-refractivity contribution in [2.24, 2.45) is 17.3 Å². The second-order valence-corrected chi connectivity index (χ2v) is 4.35. The van der Waals surface area contributed by atoms with Gasteiger partial charge in [0.25, 0.3) is 0 Å². The Kier molecular flexibility index (Phi) is 1.52. The molecule has 0 saturated heterocycles. The lowest BCUT2D eigenvalue weighted by Crippen LogP contribution is -2.58. The zero-order valence-corrected chi connectivity index (χ0v) is 6.95. The zero-order chi connectivity index (χ0) is 8.06. The molecule has 2 bridgehead atoms. The van der Waals surface area contributed by atoms with Crippen LogP contribution in [0.15, 0.2) is 0 Å². The Balaban J connectivity index is 2.14. The molecule has 3 aliphatic rings. The molecule has 3 saturated carbocycles. The molecule has 0 spiro atoms. The molecular weight excluding hydrogens is 140 g/mol. The highest BCUT2D eigenvalue weighted by atomic mass is 16.3. The highest BCUT2D eigenvalue weighted by Gasteiger charge is 2.56. The minimum absolute atomic E-state index is 0.0532. The van der Waals surface area contributed by atoms with Crippen LogP contribution in [0, 0.1) is 17.3 Å². The highest BCUT2D eigenvalue weighted by Crippen LogP contribution is 2.58. The van der Waals surface area contributed by atoms with E-state index in [0.717, 1.165) is 19.3 Å². The van der Waals surface area contributed by atoms with Crippen LogP contribution >= 0.6 is 0 Å². The van der Waals surface area contributed by atoms with Crippen molar-refractivity contribution in [2.45, 2.75) is 32.3 Å². The maximum atomic E-state index is 9.57. The largest absolute Gasteiger partial charge is 0.396 e. The van der Waals surface area contributed by atoms with Crippen molar-refractivity contribution in [3.8, 4) is 0 Å². The Morgan fingerprint density at radius 3 is 2.55 bits per heavy atom.